The molecular formula is C13H18BrN3. The lowest BCUT2D eigenvalue weighted by Gasteiger charge is -2.30. The second-order valence-electron chi connectivity index (χ2n) is 5.14. The Kier molecular flexibility index (Phi) is 3.32. The highest BCUT2D eigenvalue weighted by atomic mass is 79.9. The summed E-state index contributed by atoms with van der Waals surface area (Å²) in [5, 5.41) is 0. The molecule has 1 aromatic heterocycles. The van der Waals surface area contributed by atoms with Gasteiger partial charge in [-0.15, -0.1) is 0 Å². The molecule has 0 spiro atoms. The van der Waals surface area contributed by atoms with Crippen LogP contribution in [0.5, 0.6) is 0 Å². The van der Waals surface area contributed by atoms with Crippen LogP contribution in [0, 0.1) is 5.92 Å². The van der Waals surface area contributed by atoms with Crippen LogP contribution < -0.4 is 4.90 Å². The van der Waals surface area contributed by atoms with Gasteiger partial charge in [-0.05, 0) is 47.5 Å². The van der Waals surface area contributed by atoms with Crippen LogP contribution in [0.4, 0.5) is 5.82 Å². The number of anilines is 1. The fourth-order valence-electron chi connectivity index (χ4n) is 3.41. The van der Waals surface area contributed by atoms with Gasteiger partial charge in [0.2, 0.25) is 0 Å². The Bertz CT molecular complexity index is 390. The van der Waals surface area contributed by atoms with Gasteiger partial charge < -0.3 is 4.90 Å². The third kappa shape index (κ3) is 2.19. The lowest BCUT2D eigenvalue weighted by molar-refractivity contribution is 0.429. The van der Waals surface area contributed by atoms with E-state index in [9.17, 15) is 0 Å². The predicted octanol–water partition coefficient (Wildman–Crippen LogP) is 3.40. The highest BCUT2D eigenvalue weighted by Gasteiger charge is 2.34. The molecule has 1 unspecified atom stereocenters. The van der Waals surface area contributed by atoms with Gasteiger partial charge in [-0.3, -0.25) is 0 Å². The van der Waals surface area contributed by atoms with E-state index in [1.165, 1.54) is 38.5 Å². The zero-order valence-electron chi connectivity index (χ0n) is 9.98. The summed E-state index contributed by atoms with van der Waals surface area (Å²) in [6, 6.07) is 0.712. The highest BCUT2D eigenvalue weighted by molar-refractivity contribution is 9.10. The zero-order chi connectivity index (χ0) is 11.7. The minimum absolute atomic E-state index is 0.712. The summed E-state index contributed by atoms with van der Waals surface area (Å²) >= 11 is 3.58. The van der Waals surface area contributed by atoms with Gasteiger partial charge >= 0.3 is 0 Å². The first-order valence-corrected chi connectivity index (χ1v) is 7.37. The van der Waals surface area contributed by atoms with Crippen LogP contribution in [0.25, 0.3) is 0 Å². The van der Waals surface area contributed by atoms with Crippen molar-refractivity contribution in [3.05, 3.63) is 17.0 Å². The Morgan fingerprint density at radius 1 is 1.18 bits per heavy atom. The van der Waals surface area contributed by atoms with Crippen LogP contribution in [0.2, 0.25) is 0 Å². The van der Waals surface area contributed by atoms with E-state index in [2.05, 4.69) is 30.8 Å². The lowest BCUT2D eigenvalue weighted by atomic mass is 9.96. The molecule has 0 amide bonds. The van der Waals surface area contributed by atoms with Gasteiger partial charge in [-0.2, -0.15) is 0 Å². The SMILES string of the molecule is Brc1cncnc1N1CCCC1C1CCCC1. The summed E-state index contributed by atoms with van der Waals surface area (Å²) < 4.78 is 1.03. The van der Waals surface area contributed by atoms with Gasteiger partial charge in [0.1, 0.15) is 12.1 Å². The van der Waals surface area contributed by atoms with Gasteiger partial charge in [-0.1, -0.05) is 12.8 Å². The summed E-state index contributed by atoms with van der Waals surface area (Å²) in [6.45, 7) is 1.15. The van der Waals surface area contributed by atoms with Crippen molar-refractivity contribution in [2.45, 2.75) is 44.6 Å². The standard InChI is InChI=1S/C13H18BrN3/c14-11-8-15-9-16-13(11)17-7-3-6-12(17)10-4-1-2-5-10/h8-10,12H,1-7H2. The summed E-state index contributed by atoms with van der Waals surface area (Å²) in [6.07, 6.45) is 11.8. The van der Waals surface area contributed by atoms with Crippen LogP contribution in [0.1, 0.15) is 38.5 Å². The average Bonchev–Trinajstić information content (AvgIpc) is 3.00. The maximum atomic E-state index is 4.45. The topological polar surface area (TPSA) is 29.0 Å². The van der Waals surface area contributed by atoms with E-state index in [4.69, 9.17) is 0 Å². The molecule has 1 saturated heterocycles. The Hall–Kier alpha value is -0.640. The fraction of sp³-hybridized carbons (Fsp3) is 0.692. The van der Waals surface area contributed by atoms with Crippen LogP contribution >= 0.6 is 15.9 Å². The molecule has 0 N–H and O–H groups in total. The van der Waals surface area contributed by atoms with E-state index in [1.807, 2.05) is 6.20 Å². The minimum atomic E-state index is 0.712. The van der Waals surface area contributed by atoms with Crippen molar-refractivity contribution in [1.82, 2.24) is 9.97 Å². The number of hydrogen-bond donors (Lipinski definition) is 0. The first kappa shape index (κ1) is 11.5. The second-order valence-corrected chi connectivity index (χ2v) is 6.00. The van der Waals surface area contributed by atoms with Crippen LogP contribution in [0.15, 0.2) is 17.0 Å². The first-order chi connectivity index (χ1) is 8.36. The zero-order valence-corrected chi connectivity index (χ0v) is 11.6. The van der Waals surface area contributed by atoms with Crippen molar-refractivity contribution < 1.29 is 0 Å². The minimum Gasteiger partial charge on any atom is -0.352 e. The Labute approximate surface area is 111 Å². The molecule has 2 aliphatic rings. The van der Waals surface area contributed by atoms with Gasteiger partial charge in [0, 0.05) is 18.8 Å². The molecule has 1 atom stereocenters. The van der Waals surface area contributed by atoms with Gasteiger partial charge in [0.05, 0.1) is 4.47 Å². The molecule has 4 heteroatoms. The molecule has 0 aromatic carbocycles. The molecule has 1 saturated carbocycles. The molecule has 2 heterocycles. The van der Waals surface area contributed by atoms with Gasteiger partial charge in [0.15, 0.2) is 0 Å². The molecule has 3 rings (SSSR count). The van der Waals surface area contributed by atoms with Crippen molar-refractivity contribution >= 4 is 21.7 Å². The monoisotopic (exact) mass is 295 g/mol. The normalized spacial score (nSPS) is 25.7. The van der Waals surface area contributed by atoms with E-state index in [1.54, 1.807) is 6.33 Å². The number of aromatic nitrogens is 2. The third-order valence-electron chi connectivity index (χ3n) is 4.16. The molecule has 0 bridgehead atoms. The summed E-state index contributed by atoms with van der Waals surface area (Å²) in [5.41, 5.74) is 0. The van der Waals surface area contributed by atoms with Crippen molar-refractivity contribution in [3.63, 3.8) is 0 Å². The van der Waals surface area contributed by atoms with Gasteiger partial charge in [-0.25, -0.2) is 9.97 Å². The molecule has 3 nitrogen and oxygen atoms in total. The molecule has 1 aromatic rings. The molecule has 0 radical (unpaired) electrons. The quantitative estimate of drug-likeness (QED) is 0.837. The van der Waals surface area contributed by atoms with Crippen LogP contribution in [-0.4, -0.2) is 22.6 Å². The Morgan fingerprint density at radius 3 is 2.76 bits per heavy atom. The van der Waals surface area contributed by atoms with E-state index in [0.29, 0.717) is 6.04 Å². The maximum absolute atomic E-state index is 4.45. The smallest absolute Gasteiger partial charge is 0.146 e. The summed E-state index contributed by atoms with van der Waals surface area (Å²) in [5.74, 6) is 1.98. The van der Waals surface area contributed by atoms with Crippen LogP contribution in [-0.2, 0) is 0 Å². The third-order valence-corrected chi connectivity index (χ3v) is 4.72. The van der Waals surface area contributed by atoms with Crippen molar-refractivity contribution in [2.24, 2.45) is 5.92 Å². The van der Waals surface area contributed by atoms with Gasteiger partial charge in [0.25, 0.3) is 0 Å². The largest absolute Gasteiger partial charge is 0.352 e. The van der Waals surface area contributed by atoms with Crippen molar-refractivity contribution in [1.29, 1.82) is 0 Å². The van der Waals surface area contributed by atoms with Crippen molar-refractivity contribution in [2.75, 3.05) is 11.4 Å². The molecule has 2 fully saturated rings. The lowest BCUT2D eigenvalue weighted by Crippen LogP contribution is -2.35. The highest BCUT2D eigenvalue weighted by Crippen LogP contribution is 2.38. The predicted molar refractivity (Wildman–Crippen MR) is 72.1 cm³/mol. The maximum Gasteiger partial charge on any atom is 0.146 e. The molecule has 1 aliphatic heterocycles. The van der Waals surface area contributed by atoms with E-state index in [0.717, 1.165) is 22.8 Å². The number of hydrogen-bond acceptors (Lipinski definition) is 3. The fourth-order valence-corrected chi connectivity index (χ4v) is 3.85. The van der Waals surface area contributed by atoms with Crippen molar-refractivity contribution in [3.8, 4) is 0 Å². The molecular weight excluding hydrogens is 278 g/mol. The molecule has 17 heavy (non-hydrogen) atoms. The first-order valence-electron chi connectivity index (χ1n) is 6.58. The molecule has 1 aliphatic carbocycles. The number of rotatable bonds is 2. The van der Waals surface area contributed by atoms with E-state index >= 15 is 0 Å². The Balaban J connectivity index is 1.84. The second kappa shape index (κ2) is 4.92. The summed E-state index contributed by atoms with van der Waals surface area (Å²) in [7, 11) is 0. The van der Waals surface area contributed by atoms with Crippen LogP contribution in [0.3, 0.4) is 0 Å². The summed E-state index contributed by atoms with van der Waals surface area (Å²) in [4.78, 5) is 11.0. The molecule has 92 valence electrons. The number of nitrogens with zero attached hydrogens (tertiary/aromatic N) is 3. The van der Waals surface area contributed by atoms with E-state index in [-0.39, 0.29) is 0 Å². The number of halogens is 1. The van der Waals surface area contributed by atoms with E-state index < -0.39 is 0 Å². The Morgan fingerprint density at radius 2 is 2.00 bits per heavy atom. The average molecular weight is 296 g/mol.